The van der Waals surface area contributed by atoms with Crippen LogP contribution in [0.1, 0.15) is 29.7 Å². The number of alkyl halides is 3. The van der Waals surface area contributed by atoms with E-state index in [1.807, 2.05) is 12.1 Å². The van der Waals surface area contributed by atoms with Crippen molar-refractivity contribution in [3.8, 4) is 5.75 Å². The number of halogens is 5. The molecule has 1 aliphatic heterocycles. The third-order valence-electron chi connectivity index (χ3n) is 6.25. The number of nitrogens with zero attached hydrogens (tertiary/aromatic N) is 2. The van der Waals surface area contributed by atoms with Crippen LogP contribution in [0.15, 0.2) is 93.9 Å². The van der Waals surface area contributed by atoms with Crippen LogP contribution in [-0.2, 0) is 16.1 Å². The molecule has 0 amide bonds. The van der Waals surface area contributed by atoms with Crippen LogP contribution in [0.4, 0.5) is 13.2 Å². The molecule has 1 atom stereocenters. The van der Waals surface area contributed by atoms with E-state index in [2.05, 4.69) is 4.99 Å². The first-order valence-electron chi connectivity index (χ1n) is 12.6. The number of hydrogen-bond donors (Lipinski definition) is 0. The number of hydrogen-bond acceptors (Lipinski definition) is 6. The number of carbonyl (C=O) groups excluding carboxylic acids is 1. The van der Waals surface area contributed by atoms with Crippen molar-refractivity contribution >= 4 is 46.6 Å². The minimum atomic E-state index is -4.98. The maximum atomic E-state index is 14.2. The summed E-state index contributed by atoms with van der Waals surface area (Å²) in [6.45, 7) is 1.61. The van der Waals surface area contributed by atoms with Gasteiger partial charge in [0, 0.05) is 10.0 Å². The van der Waals surface area contributed by atoms with Crippen molar-refractivity contribution in [1.82, 2.24) is 4.57 Å². The summed E-state index contributed by atoms with van der Waals surface area (Å²) in [5.41, 5.74) is -1.04. The number of esters is 1. The van der Waals surface area contributed by atoms with Gasteiger partial charge in [0.2, 0.25) is 0 Å². The number of benzene rings is 3. The number of fused-ring (bicyclic) bond motifs is 1. The number of rotatable bonds is 7. The zero-order valence-corrected chi connectivity index (χ0v) is 24.2. The molecule has 0 saturated carbocycles. The van der Waals surface area contributed by atoms with Gasteiger partial charge in [-0.3, -0.25) is 9.36 Å². The Labute approximate surface area is 251 Å². The fourth-order valence-electron chi connectivity index (χ4n) is 4.41. The summed E-state index contributed by atoms with van der Waals surface area (Å²) >= 11 is 12.8. The van der Waals surface area contributed by atoms with E-state index in [0.29, 0.717) is 28.0 Å². The Morgan fingerprint density at radius 2 is 1.76 bits per heavy atom. The summed E-state index contributed by atoms with van der Waals surface area (Å²) in [4.78, 5) is 30.1. The van der Waals surface area contributed by atoms with Crippen LogP contribution >= 0.6 is 34.5 Å². The van der Waals surface area contributed by atoms with E-state index in [1.54, 1.807) is 42.5 Å². The van der Waals surface area contributed by atoms with Crippen LogP contribution in [0.5, 0.6) is 5.75 Å². The number of allylic oxidation sites excluding steroid dienone is 1. The lowest BCUT2D eigenvalue weighted by atomic mass is 9.95. The minimum Gasteiger partial charge on any atom is -0.489 e. The molecule has 0 bridgehead atoms. The maximum Gasteiger partial charge on any atom is 0.434 e. The molecule has 3 aromatic carbocycles. The molecule has 1 aliphatic rings. The normalized spacial score (nSPS) is 15.3. The van der Waals surface area contributed by atoms with Crippen LogP contribution in [0.25, 0.3) is 6.08 Å². The summed E-state index contributed by atoms with van der Waals surface area (Å²) < 4.78 is 54.7. The highest BCUT2D eigenvalue weighted by Gasteiger charge is 2.45. The molecule has 216 valence electrons. The van der Waals surface area contributed by atoms with Gasteiger partial charge >= 0.3 is 12.1 Å². The lowest BCUT2D eigenvalue weighted by Crippen LogP contribution is -2.41. The van der Waals surface area contributed by atoms with E-state index in [0.717, 1.165) is 21.5 Å². The first kappa shape index (κ1) is 29.6. The average Bonchev–Trinajstić information content (AvgIpc) is 3.26. The third kappa shape index (κ3) is 6.30. The smallest absolute Gasteiger partial charge is 0.434 e. The SMILES string of the molecule is CCOC(=O)C1=C(C(F)(F)F)N=c2s/c(=C\c3ccc(OCc4cccc(Cl)c4)cc3)c(=O)n2[C@H]1c1ccc(Cl)cc1. The van der Waals surface area contributed by atoms with E-state index in [4.69, 9.17) is 32.7 Å². The lowest BCUT2D eigenvalue weighted by Gasteiger charge is -2.26. The quantitative estimate of drug-likeness (QED) is 0.227. The molecule has 1 aromatic heterocycles. The van der Waals surface area contributed by atoms with Gasteiger partial charge in [0.25, 0.3) is 5.56 Å². The molecule has 0 spiro atoms. The maximum absolute atomic E-state index is 14.2. The number of ether oxygens (including phenoxy) is 2. The molecule has 6 nitrogen and oxygen atoms in total. The van der Waals surface area contributed by atoms with Crippen molar-refractivity contribution in [2.24, 2.45) is 4.99 Å². The molecule has 12 heteroatoms. The second-order valence-electron chi connectivity index (χ2n) is 9.10. The molecule has 0 unspecified atom stereocenters. The Kier molecular flexibility index (Phi) is 8.58. The highest BCUT2D eigenvalue weighted by atomic mass is 35.5. The molecule has 0 N–H and O–H groups in total. The largest absolute Gasteiger partial charge is 0.489 e. The predicted octanol–water partition coefficient (Wildman–Crippen LogP) is 6.23. The van der Waals surface area contributed by atoms with Gasteiger partial charge in [0.15, 0.2) is 10.5 Å². The van der Waals surface area contributed by atoms with Gasteiger partial charge in [-0.05, 0) is 66.1 Å². The van der Waals surface area contributed by atoms with E-state index in [9.17, 15) is 22.8 Å². The Hall–Kier alpha value is -3.86. The Morgan fingerprint density at radius 3 is 2.40 bits per heavy atom. The van der Waals surface area contributed by atoms with Gasteiger partial charge in [0.05, 0.1) is 22.8 Å². The van der Waals surface area contributed by atoms with Crippen LogP contribution in [0.2, 0.25) is 10.0 Å². The van der Waals surface area contributed by atoms with Crippen LogP contribution in [0.3, 0.4) is 0 Å². The summed E-state index contributed by atoms with van der Waals surface area (Å²) in [5.74, 6) is -0.638. The molecule has 4 aromatic rings. The van der Waals surface area contributed by atoms with Gasteiger partial charge in [-0.2, -0.15) is 13.2 Å². The first-order valence-corrected chi connectivity index (χ1v) is 14.2. The van der Waals surface area contributed by atoms with E-state index >= 15 is 0 Å². The molecule has 0 saturated heterocycles. The summed E-state index contributed by atoms with van der Waals surface area (Å²) in [7, 11) is 0. The zero-order chi connectivity index (χ0) is 30.0. The number of thiazole rings is 1. The molecule has 0 radical (unpaired) electrons. The van der Waals surface area contributed by atoms with Crippen LogP contribution < -0.4 is 19.6 Å². The predicted molar refractivity (Wildman–Crippen MR) is 154 cm³/mol. The van der Waals surface area contributed by atoms with Crippen molar-refractivity contribution in [2.45, 2.75) is 25.7 Å². The molecule has 2 heterocycles. The zero-order valence-electron chi connectivity index (χ0n) is 21.8. The number of carbonyl (C=O) groups is 1. The molecular weight excluding hydrogens is 612 g/mol. The molecule has 42 heavy (non-hydrogen) atoms. The standard InChI is InChI=1S/C30H21Cl2F3N2O4S/c1-2-40-28(39)24-25(19-8-10-20(31)11-9-19)37-27(38)23(42-29(37)36-26(24)30(33,34)35)15-17-6-12-22(13-7-17)41-16-18-4-3-5-21(32)14-18/h3-15,25H,2,16H2,1H3/b23-15-/t25-/m0/s1. The summed E-state index contributed by atoms with van der Waals surface area (Å²) in [6, 6.07) is 18.6. The van der Waals surface area contributed by atoms with Gasteiger partial charge in [-0.25, -0.2) is 9.79 Å². The second-order valence-corrected chi connectivity index (χ2v) is 11.0. The van der Waals surface area contributed by atoms with Gasteiger partial charge in [0.1, 0.15) is 12.4 Å². The summed E-state index contributed by atoms with van der Waals surface area (Å²) in [5, 5.41) is 0.937. The van der Waals surface area contributed by atoms with Crippen LogP contribution in [-0.4, -0.2) is 23.3 Å². The van der Waals surface area contributed by atoms with Crippen molar-refractivity contribution in [1.29, 1.82) is 0 Å². The number of aromatic nitrogens is 1. The van der Waals surface area contributed by atoms with Gasteiger partial charge in [-0.15, -0.1) is 0 Å². The minimum absolute atomic E-state index is 0.131. The van der Waals surface area contributed by atoms with Crippen molar-refractivity contribution in [3.63, 3.8) is 0 Å². The van der Waals surface area contributed by atoms with Crippen molar-refractivity contribution in [3.05, 3.63) is 130 Å². The highest BCUT2D eigenvalue weighted by Crippen LogP contribution is 2.38. The third-order valence-corrected chi connectivity index (χ3v) is 7.72. The fourth-order valence-corrected chi connectivity index (χ4v) is 5.75. The van der Waals surface area contributed by atoms with Gasteiger partial charge < -0.3 is 9.47 Å². The second kappa shape index (κ2) is 12.2. The average molecular weight is 633 g/mol. The fraction of sp³-hybridized carbons (Fsp3) is 0.167. The van der Waals surface area contributed by atoms with E-state index in [1.165, 1.54) is 31.2 Å². The van der Waals surface area contributed by atoms with Crippen LogP contribution in [0, 0.1) is 0 Å². The summed E-state index contributed by atoms with van der Waals surface area (Å²) in [6.07, 6.45) is -3.44. The molecule has 0 fully saturated rings. The Morgan fingerprint density at radius 1 is 1.05 bits per heavy atom. The Bertz CT molecular complexity index is 1850. The van der Waals surface area contributed by atoms with Crippen molar-refractivity contribution < 1.29 is 27.4 Å². The molecule has 0 aliphatic carbocycles. The lowest BCUT2D eigenvalue weighted by molar-refractivity contribution is -0.140. The highest BCUT2D eigenvalue weighted by molar-refractivity contribution is 7.07. The topological polar surface area (TPSA) is 69.9 Å². The Balaban J connectivity index is 1.56. The first-order chi connectivity index (χ1) is 20.0. The van der Waals surface area contributed by atoms with E-state index < -0.39 is 35.0 Å². The monoisotopic (exact) mass is 632 g/mol. The van der Waals surface area contributed by atoms with Crippen molar-refractivity contribution in [2.75, 3.05) is 6.61 Å². The van der Waals surface area contributed by atoms with Gasteiger partial charge in [-0.1, -0.05) is 70.9 Å². The molecular formula is C30H21Cl2F3N2O4S. The van der Waals surface area contributed by atoms with E-state index in [-0.39, 0.29) is 21.5 Å². The molecule has 5 rings (SSSR count).